The smallest absolute Gasteiger partial charge is 0.266 e. The van der Waals surface area contributed by atoms with Crippen LogP contribution in [0.2, 0.25) is 0 Å². The van der Waals surface area contributed by atoms with Gasteiger partial charge in [0.05, 0.1) is 18.0 Å². The van der Waals surface area contributed by atoms with E-state index >= 15 is 0 Å². The van der Waals surface area contributed by atoms with E-state index in [0.29, 0.717) is 19.3 Å². The van der Waals surface area contributed by atoms with Gasteiger partial charge in [-0.25, -0.2) is 0 Å². The number of hydrogen-bond acceptors (Lipinski definition) is 5. The van der Waals surface area contributed by atoms with Crippen LogP contribution in [-0.2, 0) is 14.9 Å². The van der Waals surface area contributed by atoms with Crippen molar-refractivity contribution in [3.63, 3.8) is 0 Å². The second kappa shape index (κ2) is 11.2. The fraction of sp³-hybridized carbons (Fsp3) is 0.962. The first-order valence-electron chi connectivity index (χ1n) is 15.7. The Morgan fingerprint density at radius 1 is 1.14 bits per heavy atom. The number of carbonyl (C=O) groups is 1. The summed E-state index contributed by atoms with van der Waals surface area (Å²) in [6, 6.07) is 0. The summed E-state index contributed by atoms with van der Waals surface area (Å²) in [6.07, 6.45) is -6.87. The molecule has 0 aromatic heterocycles. The van der Waals surface area contributed by atoms with Crippen molar-refractivity contribution in [3.05, 3.63) is 0 Å². The molecule has 4 rings (SSSR count). The molecule has 0 bridgehead atoms. The maximum absolute atomic E-state index is 12.3. The number of rotatable bonds is 7. The predicted octanol–water partition coefficient (Wildman–Crippen LogP) is 3.02. The molecule has 0 unspecified atom stereocenters. The van der Waals surface area contributed by atoms with Gasteiger partial charge in [-0.2, -0.15) is 8.42 Å². The van der Waals surface area contributed by atoms with Gasteiger partial charge in [0.2, 0.25) is 5.91 Å². The van der Waals surface area contributed by atoms with E-state index in [4.69, 9.17) is 10.0 Å². The van der Waals surface area contributed by atoms with E-state index in [-0.39, 0.29) is 78.5 Å². The van der Waals surface area contributed by atoms with Crippen LogP contribution < -0.4 is 5.32 Å². The Bertz CT molecular complexity index is 1110. The molecule has 4 saturated carbocycles. The maximum Gasteiger partial charge on any atom is 0.266 e. The molecule has 0 saturated heterocycles. The van der Waals surface area contributed by atoms with Gasteiger partial charge in [-0.05, 0) is 104 Å². The van der Waals surface area contributed by atoms with Crippen LogP contribution in [0.5, 0.6) is 0 Å². The number of hydrogen-bond donors (Lipinski definition) is 4. The molecule has 4 N–H and O–H groups in total. The number of fused-ring (bicyclic) bond motifs is 5. The molecule has 35 heavy (non-hydrogen) atoms. The zero-order chi connectivity index (χ0) is 30.3. The van der Waals surface area contributed by atoms with Gasteiger partial charge < -0.3 is 15.5 Å². The molecule has 0 heterocycles. The largest absolute Gasteiger partial charge is 0.393 e. The minimum absolute atomic E-state index is 0. The van der Waals surface area contributed by atoms with Gasteiger partial charge in [-0.1, -0.05) is 20.8 Å². The Hall–Kier alpha value is 0.300. The van der Waals surface area contributed by atoms with E-state index < -0.39 is 69.9 Å². The predicted molar refractivity (Wildman–Crippen MR) is 136 cm³/mol. The van der Waals surface area contributed by atoms with Gasteiger partial charge in [0.15, 0.2) is 0 Å². The summed E-state index contributed by atoms with van der Waals surface area (Å²) in [5.41, 5.74) is -1.88. The van der Waals surface area contributed by atoms with Gasteiger partial charge in [-0.15, -0.1) is 0 Å². The molecular formula is C26H45NNaO6S. The van der Waals surface area contributed by atoms with Crippen LogP contribution in [0.25, 0.3) is 0 Å². The summed E-state index contributed by atoms with van der Waals surface area (Å²) in [6.45, 7) is 5.50. The fourth-order valence-electron chi connectivity index (χ4n) is 7.93. The van der Waals surface area contributed by atoms with Crippen LogP contribution >= 0.6 is 0 Å². The number of amides is 1. The quantitative estimate of drug-likeness (QED) is 0.298. The van der Waals surface area contributed by atoms with E-state index in [1.165, 1.54) is 0 Å². The van der Waals surface area contributed by atoms with Gasteiger partial charge in [0.25, 0.3) is 10.1 Å². The molecule has 4 aliphatic carbocycles. The zero-order valence-corrected chi connectivity index (χ0v) is 24.3. The first-order chi connectivity index (χ1) is 18.1. The summed E-state index contributed by atoms with van der Waals surface area (Å²) in [5, 5.41) is 24.9. The summed E-state index contributed by atoms with van der Waals surface area (Å²) >= 11 is 0. The summed E-state index contributed by atoms with van der Waals surface area (Å²) in [7, 11) is -4.17. The number of nitrogens with one attached hydrogen (secondary N) is 1. The van der Waals surface area contributed by atoms with Crippen LogP contribution in [0.3, 0.4) is 0 Å². The van der Waals surface area contributed by atoms with E-state index in [9.17, 15) is 26.2 Å². The maximum atomic E-state index is 12.3. The van der Waals surface area contributed by atoms with Crippen molar-refractivity contribution in [3.8, 4) is 0 Å². The molecule has 10 atom stereocenters. The first kappa shape index (κ1) is 22.2. The summed E-state index contributed by atoms with van der Waals surface area (Å²) < 4.78 is 83.5. The minimum atomic E-state index is -4.17. The van der Waals surface area contributed by atoms with Gasteiger partial charge in [0.1, 0.15) is 0 Å². The SMILES string of the molecule is [2H]C1([2H])C[C@@]2(C)[C@H](CC[C@@H]3[C@@H]2C([2H])([2H])[C@H](O)[C@]2(C)[C@@H]([C@H](C)CCC(=O)NCCS(=O)(=O)O)CC[C@@H]32)C([2H])([2H])[C@@H]1O.[Na]. The Balaban J connectivity index is 0.00000462. The topological polar surface area (TPSA) is 124 Å². The van der Waals surface area contributed by atoms with Gasteiger partial charge >= 0.3 is 0 Å². The van der Waals surface area contributed by atoms with Crippen molar-refractivity contribution in [1.29, 1.82) is 0 Å². The average molecular weight is 529 g/mol. The molecule has 0 spiro atoms. The average Bonchev–Trinajstić information content (AvgIpc) is 3.16. The van der Waals surface area contributed by atoms with Crippen molar-refractivity contribution < 1.29 is 36.2 Å². The number of aliphatic hydroxyl groups is 2. The van der Waals surface area contributed by atoms with E-state index in [2.05, 4.69) is 5.32 Å². The first-order valence-corrected chi connectivity index (χ1v) is 14.3. The molecule has 9 heteroatoms. The monoisotopic (exact) mass is 528 g/mol. The van der Waals surface area contributed by atoms with Crippen molar-refractivity contribution in [2.24, 2.45) is 46.3 Å². The van der Waals surface area contributed by atoms with E-state index in [1.807, 2.05) is 13.8 Å². The van der Waals surface area contributed by atoms with Gasteiger partial charge in [0, 0.05) is 50.7 Å². The van der Waals surface area contributed by atoms with Crippen molar-refractivity contribution in [1.82, 2.24) is 5.32 Å². The standard InChI is InChI=1S/C26H45NO6S.Na/c1-16(4-9-24(30)27-12-13-34(31,32)33)20-7-8-21-19-6-5-17-14-18(28)10-11-25(17,2)22(19)15-23(29)26(20,21)3;/h16-23,28-29H,4-15H2,1-3H3,(H,27,30)(H,31,32,33);/t16-,17-,18-,19+,20-,21+,22+,23+,25+,26-;/m1./s1/i10D2,14D2,15D2;. The molecule has 4 aliphatic rings. The number of carbonyl (C=O) groups excluding carboxylic acids is 1. The molecule has 197 valence electrons. The Morgan fingerprint density at radius 3 is 2.54 bits per heavy atom. The second-order valence-electron chi connectivity index (χ2n) is 11.6. The third-order valence-corrected chi connectivity index (χ3v) is 10.5. The molecule has 7 nitrogen and oxygen atoms in total. The van der Waals surface area contributed by atoms with Crippen molar-refractivity contribution in [2.75, 3.05) is 12.3 Å². The summed E-state index contributed by atoms with van der Waals surface area (Å²) in [5.74, 6) is -2.75. The summed E-state index contributed by atoms with van der Waals surface area (Å²) in [4.78, 5) is 12.3. The fourth-order valence-corrected chi connectivity index (χ4v) is 8.29. The van der Waals surface area contributed by atoms with E-state index in [0.717, 1.165) is 12.8 Å². The molecule has 0 aromatic rings. The van der Waals surface area contributed by atoms with Crippen molar-refractivity contribution in [2.45, 2.75) is 97.0 Å². The molecule has 0 aromatic carbocycles. The normalized spacial score (nSPS) is 50.6. The van der Waals surface area contributed by atoms with Crippen LogP contribution in [0, 0.1) is 46.3 Å². The Labute approximate surface area is 242 Å². The third kappa shape index (κ3) is 5.84. The Kier molecular flexibility index (Phi) is 7.08. The molecular weight excluding hydrogens is 477 g/mol. The molecule has 4 fully saturated rings. The molecule has 1 radical (unpaired) electrons. The second-order valence-corrected chi connectivity index (χ2v) is 13.2. The van der Waals surface area contributed by atoms with E-state index in [1.54, 1.807) is 6.92 Å². The molecule has 1 amide bonds. The van der Waals surface area contributed by atoms with Crippen LogP contribution in [0.15, 0.2) is 0 Å². The van der Waals surface area contributed by atoms with Crippen molar-refractivity contribution >= 4 is 45.6 Å². The van der Waals surface area contributed by atoms with Crippen LogP contribution in [0.4, 0.5) is 0 Å². The number of aliphatic hydroxyl groups excluding tert-OH is 2. The zero-order valence-electron chi connectivity index (χ0n) is 27.5. The third-order valence-electron chi connectivity index (χ3n) is 9.78. The Morgan fingerprint density at radius 2 is 1.86 bits per heavy atom. The molecule has 0 aliphatic heterocycles. The minimum Gasteiger partial charge on any atom is -0.393 e. The van der Waals surface area contributed by atoms with Crippen LogP contribution in [0.1, 0.15) is 93.1 Å². The van der Waals surface area contributed by atoms with Crippen LogP contribution in [-0.4, -0.2) is 83.2 Å². The van der Waals surface area contributed by atoms with Gasteiger partial charge in [-0.3, -0.25) is 9.35 Å².